The maximum atomic E-state index is 12.6. The molecule has 0 saturated heterocycles. The summed E-state index contributed by atoms with van der Waals surface area (Å²) < 4.78 is 0. The normalized spacial score (nSPS) is 17.4. The number of H-pyrrole nitrogens is 2. The number of hydrogen-bond donors (Lipinski definition) is 3. The summed E-state index contributed by atoms with van der Waals surface area (Å²) in [7, 11) is 1.84. The minimum Gasteiger partial charge on any atom is -0.346 e. The van der Waals surface area contributed by atoms with Crippen LogP contribution >= 0.6 is 23.2 Å². The topological polar surface area (TPSA) is 98.8 Å². The summed E-state index contributed by atoms with van der Waals surface area (Å²) in [6, 6.07) is 3.90. The fourth-order valence-electron chi connectivity index (χ4n) is 5.89. The maximum Gasteiger partial charge on any atom is 0.168 e. The zero-order valence-electron chi connectivity index (χ0n) is 21.7. The number of nitrogens with one attached hydrogen (secondary N) is 3. The van der Waals surface area contributed by atoms with Crippen molar-refractivity contribution in [1.82, 2.24) is 25.4 Å². The van der Waals surface area contributed by atoms with Gasteiger partial charge in [0.05, 0.1) is 15.8 Å². The Labute approximate surface area is 232 Å². The van der Waals surface area contributed by atoms with Gasteiger partial charge in [-0.25, -0.2) is 9.97 Å². The van der Waals surface area contributed by atoms with E-state index < -0.39 is 0 Å². The first kappa shape index (κ1) is 26.7. The predicted molar refractivity (Wildman–Crippen MR) is 155 cm³/mol. The molecule has 0 radical (unpaired) electrons. The number of rotatable bonds is 5. The number of halogens is 2. The van der Waals surface area contributed by atoms with Crippen molar-refractivity contribution >= 4 is 56.8 Å². The fraction of sp³-hybridized carbons (Fsp3) is 0.448. The Balaban J connectivity index is 0.000000156. The van der Waals surface area contributed by atoms with Gasteiger partial charge in [-0.2, -0.15) is 5.10 Å². The molecule has 0 atom stereocenters. The molecule has 3 N–H and O–H groups in total. The van der Waals surface area contributed by atoms with Crippen LogP contribution in [0, 0.1) is 11.8 Å². The Kier molecular flexibility index (Phi) is 8.65. The van der Waals surface area contributed by atoms with Crippen LogP contribution in [0.15, 0.2) is 42.0 Å². The highest BCUT2D eigenvalue weighted by molar-refractivity contribution is 6.36. The van der Waals surface area contributed by atoms with E-state index in [0.29, 0.717) is 21.5 Å². The summed E-state index contributed by atoms with van der Waals surface area (Å²) in [5.74, 6) is 0.803. The van der Waals surface area contributed by atoms with Crippen molar-refractivity contribution in [2.75, 3.05) is 7.05 Å². The highest BCUT2D eigenvalue weighted by atomic mass is 35.5. The van der Waals surface area contributed by atoms with Crippen molar-refractivity contribution in [3.63, 3.8) is 0 Å². The Bertz CT molecular complexity index is 1430. The van der Waals surface area contributed by atoms with Gasteiger partial charge in [-0.15, -0.1) is 0 Å². The molecule has 0 aliphatic heterocycles. The van der Waals surface area contributed by atoms with Crippen molar-refractivity contribution in [3.05, 3.63) is 58.1 Å². The molecule has 4 aromatic rings. The van der Waals surface area contributed by atoms with E-state index in [9.17, 15) is 4.79 Å². The van der Waals surface area contributed by atoms with Crippen molar-refractivity contribution in [3.8, 4) is 0 Å². The number of hydrazone groups is 1. The minimum atomic E-state index is 0.136. The number of nitrogens with zero attached hydrogens (tertiary/aromatic N) is 3. The SMILES string of the molecule is CN/N=C(\c1c(Cl)cnc2[nH]ccc12)C1CCCCC1.O=C(c1c(Cl)cnc2[nH]ccc12)C1CCCCC1. The van der Waals surface area contributed by atoms with Crippen LogP contribution in [0.25, 0.3) is 22.1 Å². The molecular formula is C29H34Cl2N6O. The lowest BCUT2D eigenvalue weighted by molar-refractivity contribution is 0.0891. The van der Waals surface area contributed by atoms with Gasteiger partial charge in [0.2, 0.25) is 0 Å². The Morgan fingerprint density at radius 3 is 1.87 bits per heavy atom. The van der Waals surface area contributed by atoms with Crippen LogP contribution in [0.2, 0.25) is 10.0 Å². The molecule has 2 aliphatic carbocycles. The van der Waals surface area contributed by atoms with Crippen molar-refractivity contribution < 1.29 is 4.79 Å². The average molecular weight is 554 g/mol. The molecule has 38 heavy (non-hydrogen) atoms. The highest BCUT2D eigenvalue weighted by Crippen LogP contribution is 2.34. The third kappa shape index (κ3) is 5.59. The van der Waals surface area contributed by atoms with Crippen LogP contribution in [0.5, 0.6) is 0 Å². The van der Waals surface area contributed by atoms with Gasteiger partial charge in [0.1, 0.15) is 11.3 Å². The summed E-state index contributed by atoms with van der Waals surface area (Å²) in [6.07, 6.45) is 18.7. The van der Waals surface area contributed by atoms with E-state index in [2.05, 4.69) is 30.5 Å². The molecule has 0 amide bonds. The molecule has 2 saturated carbocycles. The lowest BCUT2D eigenvalue weighted by Crippen LogP contribution is -2.22. The molecule has 7 nitrogen and oxygen atoms in total. The zero-order chi connectivity index (χ0) is 26.5. The number of hydrogen-bond acceptors (Lipinski definition) is 5. The molecule has 2 aliphatic rings. The zero-order valence-corrected chi connectivity index (χ0v) is 23.2. The van der Waals surface area contributed by atoms with E-state index in [1.165, 1.54) is 38.5 Å². The van der Waals surface area contributed by atoms with Crippen LogP contribution < -0.4 is 5.43 Å². The molecule has 0 unspecified atom stereocenters. The molecule has 200 valence electrons. The van der Waals surface area contributed by atoms with Crippen LogP contribution in [0.4, 0.5) is 0 Å². The molecule has 0 bridgehead atoms. The summed E-state index contributed by atoms with van der Waals surface area (Å²) in [6.45, 7) is 0. The molecule has 9 heteroatoms. The first-order valence-electron chi connectivity index (χ1n) is 13.6. The Morgan fingerprint density at radius 2 is 1.32 bits per heavy atom. The number of carbonyl (C=O) groups is 1. The third-order valence-corrected chi connectivity index (χ3v) is 8.36. The highest BCUT2D eigenvalue weighted by Gasteiger charge is 2.26. The molecule has 4 aromatic heterocycles. The monoisotopic (exact) mass is 552 g/mol. The van der Waals surface area contributed by atoms with E-state index in [1.807, 2.05) is 25.4 Å². The number of aromatic amines is 2. The largest absolute Gasteiger partial charge is 0.346 e. The van der Waals surface area contributed by atoms with E-state index in [1.54, 1.807) is 18.6 Å². The summed E-state index contributed by atoms with van der Waals surface area (Å²) >= 11 is 12.6. The van der Waals surface area contributed by atoms with Crippen molar-refractivity contribution in [2.45, 2.75) is 64.2 Å². The summed E-state index contributed by atoms with van der Waals surface area (Å²) in [4.78, 5) is 27.3. The smallest absolute Gasteiger partial charge is 0.168 e. The second-order valence-corrected chi connectivity index (χ2v) is 11.0. The van der Waals surface area contributed by atoms with Crippen molar-refractivity contribution in [2.24, 2.45) is 16.9 Å². The standard InChI is InChI=1S/C15H19ClN4.C14H15ClN2O/c1-17-20-14(10-5-3-2-4-6-10)13-11-7-8-18-15(11)19-9-12(13)16;15-11-8-17-14-10(6-7-16-14)12(11)13(18)9-4-2-1-3-5-9/h7-10,17H,2-6H2,1H3,(H,18,19);6-9H,1-5H2,(H,16,17)/b20-14-;. The average Bonchev–Trinajstić information content (AvgIpc) is 3.63. The van der Waals surface area contributed by atoms with Gasteiger partial charge in [-0.05, 0) is 37.8 Å². The quantitative estimate of drug-likeness (QED) is 0.134. The molecule has 6 rings (SSSR count). The van der Waals surface area contributed by atoms with Crippen LogP contribution in [-0.4, -0.2) is 38.5 Å². The van der Waals surface area contributed by atoms with Gasteiger partial charge in [-0.1, -0.05) is 61.7 Å². The van der Waals surface area contributed by atoms with Gasteiger partial charge in [0.15, 0.2) is 5.78 Å². The number of carbonyl (C=O) groups excluding carboxylic acids is 1. The number of ketones is 1. The number of Topliss-reactive ketones (excluding diaryl/α,β-unsaturated/α-hetero) is 1. The van der Waals surface area contributed by atoms with Crippen LogP contribution in [0.1, 0.15) is 80.1 Å². The first-order valence-corrected chi connectivity index (χ1v) is 14.4. The second kappa shape index (κ2) is 12.3. The van der Waals surface area contributed by atoms with Gasteiger partial charge in [-0.3, -0.25) is 4.79 Å². The van der Waals surface area contributed by atoms with E-state index in [0.717, 1.165) is 59.0 Å². The molecule has 0 aromatic carbocycles. The van der Waals surface area contributed by atoms with Gasteiger partial charge in [0, 0.05) is 65.6 Å². The van der Waals surface area contributed by atoms with E-state index in [4.69, 9.17) is 23.2 Å². The Morgan fingerprint density at radius 1 is 0.816 bits per heavy atom. The van der Waals surface area contributed by atoms with E-state index >= 15 is 0 Å². The molecule has 2 fully saturated rings. The lowest BCUT2D eigenvalue weighted by atomic mass is 9.83. The minimum absolute atomic E-state index is 0.136. The first-order chi connectivity index (χ1) is 18.6. The maximum absolute atomic E-state index is 12.6. The number of fused-ring (bicyclic) bond motifs is 2. The van der Waals surface area contributed by atoms with Gasteiger partial charge < -0.3 is 15.4 Å². The summed E-state index contributed by atoms with van der Waals surface area (Å²) in [5.41, 5.74) is 7.29. The summed E-state index contributed by atoms with van der Waals surface area (Å²) in [5, 5.41) is 7.59. The van der Waals surface area contributed by atoms with E-state index in [-0.39, 0.29) is 11.7 Å². The third-order valence-electron chi connectivity index (χ3n) is 7.78. The van der Waals surface area contributed by atoms with Gasteiger partial charge in [0.25, 0.3) is 0 Å². The van der Waals surface area contributed by atoms with Gasteiger partial charge >= 0.3 is 0 Å². The lowest BCUT2D eigenvalue weighted by Gasteiger charge is -2.24. The number of pyridine rings is 2. The molecule has 0 spiro atoms. The second-order valence-electron chi connectivity index (χ2n) is 10.2. The predicted octanol–water partition coefficient (Wildman–Crippen LogP) is 7.70. The molecular weight excluding hydrogens is 519 g/mol. The van der Waals surface area contributed by atoms with Crippen LogP contribution in [0.3, 0.4) is 0 Å². The number of aromatic nitrogens is 4. The Hall–Kier alpha value is -2.90. The van der Waals surface area contributed by atoms with Crippen molar-refractivity contribution in [1.29, 1.82) is 0 Å². The fourth-order valence-corrected chi connectivity index (χ4v) is 6.39. The van der Waals surface area contributed by atoms with Crippen LogP contribution in [-0.2, 0) is 0 Å². The molecule has 4 heterocycles.